The van der Waals surface area contributed by atoms with Crippen molar-refractivity contribution in [1.29, 1.82) is 0 Å². The number of hydrogen-bond acceptors (Lipinski definition) is 2. The highest BCUT2D eigenvalue weighted by atomic mass is 31.1. The highest BCUT2D eigenvalue weighted by molar-refractivity contribution is 7.36. The van der Waals surface area contributed by atoms with Crippen LogP contribution in [0.25, 0.3) is 22.7 Å². The quantitative estimate of drug-likeness (QED) is 0.755. The molecular formula is C13H12O2P+. The Kier molecular flexibility index (Phi) is 3.02. The van der Waals surface area contributed by atoms with Gasteiger partial charge in [-0.2, -0.15) is 0 Å². The summed E-state index contributed by atoms with van der Waals surface area (Å²) in [6.45, 7) is 5.55. The Hall–Kier alpha value is -1.66. The highest BCUT2D eigenvalue weighted by Crippen LogP contribution is 2.22. The summed E-state index contributed by atoms with van der Waals surface area (Å²) in [7, 11) is -1.78. The summed E-state index contributed by atoms with van der Waals surface area (Å²) >= 11 is 0. The number of benzene rings is 1. The molecule has 0 amide bonds. The average molecular weight is 231 g/mol. The van der Waals surface area contributed by atoms with E-state index in [9.17, 15) is 4.57 Å². The molecule has 0 aliphatic rings. The van der Waals surface area contributed by atoms with Crippen molar-refractivity contribution in [2.75, 3.05) is 0 Å². The van der Waals surface area contributed by atoms with Crippen molar-refractivity contribution in [1.82, 2.24) is 0 Å². The predicted molar refractivity (Wildman–Crippen MR) is 67.9 cm³/mol. The normalized spacial score (nSPS) is 14.4. The van der Waals surface area contributed by atoms with Crippen LogP contribution in [-0.2, 0) is 4.57 Å². The molecule has 0 bridgehead atoms. The van der Waals surface area contributed by atoms with Gasteiger partial charge in [0.1, 0.15) is 0 Å². The first kappa shape index (κ1) is 10.8. The molecule has 2 aromatic rings. The zero-order valence-corrected chi connectivity index (χ0v) is 9.91. The van der Waals surface area contributed by atoms with E-state index < -0.39 is 7.65 Å². The van der Waals surface area contributed by atoms with Crippen LogP contribution in [0.4, 0.5) is 0 Å². The minimum atomic E-state index is -1.78. The molecule has 0 spiro atoms. The van der Waals surface area contributed by atoms with Crippen LogP contribution < -0.4 is 10.6 Å². The maximum absolute atomic E-state index is 11.8. The van der Waals surface area contributed by atoms with Crippen molar-refractivity contribution in [3.63, 3.8) is 0 Å². The maximum atomic E-state index is 11.8. The summed E-state index contributed by atoms with van der Waals surface area (Å²) in [4.78, 5) is 0. The zero-order valence-electron chi connectivity index (χ0n) is 9.01. The van der Waals surface area contributed by atoms with Gasteiger partial charge in [0.15, 0.2) is 5.42 Å². The van der Waals surface area contributed by atoms with Crippen LogP contribution in [0, 0.1) is 0 Å². The van der Waals surface area contributed by atoms with Crippen LogP contribution in [0.15, 0.2) is 41.1 Å². The summed E-state index contributed by atoms with van der Waals surface area (Å²) in [6.07, 6.45) is 5.40. The molecule has 2 nitrogen and oxygen atoms in total. The van der Waals surface area contributed by atoms with Gasteiger partial charge in [0.25, 0.3) is 0 Å². The van der Waals surface area contributed by atoms with E-state index in [1.807, 2.05) is 43.3 Å². The van der Waals surface area contributed by atoms with Crippen molar-refractivity contribution in [2.45, 2.75) is 6.92 Å². The zero-order chi connectivity index (χ0) is 11.5. The smallest absolute Gasteiger partial charge is 0.250 e. The van der Waals surface area contributed by atoms with Gasteiger partial charge in [0.2, 0.25) is 5.12 Å². The van der Waals surface area contributed by atoms with Gasteiger partial charge in [-0.3, -0.25) is 0 Å². The lowest BCUT2D eigenvalue weighted by atomic mass is 10.2. The molecule has 0 N–H and O–H groups in total. The number of fused-ring (bicyclic) bond motifs is 1. The lowest BCUT2D eigenvalue weighted by molar-refractivity contribution is 0.536. The first-order valence-electron chi connectivity index (χ1n) is 5.02. The Morgan fingerprint density at radius 3 is 2.81 bits per heavy atom. The molecule has 3 heteroatoms. The first-order valence-corrected chi connectivity index (χ1v) is 6.19. The Morgan fingerprint density at radius 1 is 1.38 bits per heavy atom. The van der Waals surface area contributed by atoms with Crippen molar-refractivity contribution >= 4 is 30.3 Å². The van der Waals surface area contributed by atoms with E-state index in [4.69, 9.17) is 4.20 Å². The van der Waals surface area contributed by atoms with Gasteiger partial charge >= 0.3 is 7.65 Å². The second-order valence-electron chi connectivity index (χ2n) is 3.33. The van der Waals surface area contributed by atoms with E-state index in [1.54, 1.807) is 6.08 Å². The number of allylic oxidation sites excluding steroid dienone is 1. The lowest BCUT2D eigenvalue weighted by Crippen LogP contribution is -2.23. The molecule has 0 aliphatic heterocycles. The molecule has 0 saturated heterocycles. The SMILES string of the molecule is C=C/C=c1\c(=C/C)o[p+](=O)c2ccccc12. The van der Waals surface area contributed by atoms with Crippen LogP contribution in [0.1, 0.15) is 6.92 Å². The summed E-state index contributed by atoms with van der Waals surface area (Å²) in [5.74, 6) is 0. The third-order valence-corrected chi connectivity index (χ3v) is 3.53. The standard InChI is InChI=1S/C13H12O2P/c1-3-7-10-11-8-5-6-9-13(11)16(14)15-12(10)4-2/h3-9H,1H2,2H3/q+1/b10-7-,12-4+. The van der Waals surface area contributed by atoms with Crippen LogP contribution in [-0.4, -0.2) is 0 Å². The van der Waals surface area contributed by atoms with E-state index in [2.05, 4.69) is 6.58 Å². The topological polar surface area (TPSA) is 30.2 Å². The van der Waals surface area contributed by atoms with Crippen molar-refractivity contribution in [2.24, 2.45) is 0 Å². The molecule has 1 unspecified atom stereocenters. The van der Waals surface area contributed by atoms with Crippen molar-refractivity contribution in [3.8, 4) is 0 Å². The largest absolute Gasteiger partial charge is 0.597 e. The summed E-state index contributed by atoms with van der Waals surface area (Å²) in [5.41, 5.74) is 0.653. The average Bonchev–Trinajstić information content (AvgIpc) is 2.33. The van der Waals surface area contributed by atoms with Crippen LogP contribution in [0.5, 0.6) is 0 Å². The summed E-state index contributed by atoms with van der Waals surface area (Å²) < 4.78 is 17.2. The third kappa shape index (κ3) is 1.72. The van der Waals surface area contributed by atoms with Crippen molar-refractivity contribution in [3.05, 3.63) is 47.6 Å². The minimum absolute atomic E-state index is 0.653. The fourth-order valence-electron chi connectivity index (χ4n) is 1.68. The number of rotatable bonds is 1. The molecule has 1 aromatic heterocycles. The Balaban J connectivity index is 3.19. The fourth-order valence-corrected chi connectivity index (χ4v) is 2.76. The van der Waals surface area contributed by atoms with E-state index in [0.29, 0.717) is 5.42 Å². The van der Waals surface area contributed by atoms with E-state index in [0.717, 1.165) is 15.7 Å². The van der Waals surface area contributed by atoms with Gasteiger partial charge < -0.3 is 0 Å². The Labute approximate surface area is 94.1 Å². The predicted octanol–water partition coefficient (Wildman–Crippen LogP) is 2.94. The van der Waals surface area contributed by atoms with Gasteiger partial charge in [0, 0.05) is 10.6 Å². The Morgan fingerprint density at radius 2 is 2.12 bits per heavy atom. The van der Waals surface area contributed by atoms with Crippen LogP contribution in [0.3, 0.4) is 0 Å². The molecule has 16 heavy (non-hydrogen) atoms. The van der Waals surface area contributed by atoms with Gasteiger partial charge in [-0.25, -0.2) is 4.20 Å². The van der Waals surface area contributed by atoms with Crippen LogP contribution in [0.2, 0.25) is 0 Å². The molecule has 1 aromatic carbocycles. The lowest BCUT2D eigenvalue weighted by Gasteiger charge is -1.90. The van der Waals surface area contributed by atoms with E-state index in [-0.39, 0.29) is 0 Å². The second-order valence-corrected chi connectivity index (χ2v) is 4.51. The second kappa shape index (κ2) is 4.46. The van der Waals surface area contributed by atoms with Gasteiger partial charge in [-0.15, -0.1) is 0 Å². The first-order chi connectivity index (χ1) is 7.77. The summed E-state index contributed by atoms with van der Waals surface area (Å²) in [6, 6.07) is 7.57. The molecule has 0 fully saturated rings. The maximum Gasteiger partial charge on any atom is 0.597 e. The molecular weight excluding hydrogens is 219 g/mol. The molecule has 0 saturated carbocycles. The minimum Gasteiger partial charge on any atom is -0.250 e. The fraction of sp³-hybridized carbons (Fsp3) is 0.0769. The monoisotopic (exact) mass is 231 g/mol. The van der Waals surface area contributed by atoms with E-state index in [1.165, 1.54) is 0 Å². The van der Waals surface area contributed by atoms with Crippen LogP contribution >= 0.6 is 7.65 Å². The van der Waals surface area contributed by atoms with Gasteiger partial charge in [-0.1, -0.05) is 30.9 Å². The molecule has 1 heterocycles. The van der Waals surface area contributed by atoms with Gasteiger partial charge in [-0.05, 0) is 29.7 Å². The van der Waals surface area contributed by atoms with E-state index >= 15 is 0 Å². The molecule has 0 aliphatic carbocycles. The molecule has 80 valence electrons. The van der Waals surface area contributed by atoms with Crippen molar-refractivity contribution < 1.29 is 8.76 Å². The molecule has 2 rings (SSSR count). The molecule has 0 radical (unpaired) electrons. The number of hydrogen-bond donors (Lipinski definition) is 0. The summed E-state index contributed by atoms with van der Waals surface area (Å²) in [5, 5.41) is 2.64. The highest BCUT2D eigenvalue weighted by Gasteiger charge is 2.12. The molecule has 1 atom stereocenters. The third-order valence-electron chi connectivity index (χ3n) is 2.38. The Bertz CT molecular complexity index is 711. The van der Waals surface area contributed by atoms with Gasteiger partial charge in [0.05, 0.1) is 0 Å².